The Morgan fingerprint density at radius 1 is 0.889 bits per heavy atom. The van der Waals surface area contributed by atoms with Crippen LogP contribution < -0.4 is 4.72 Å². The minimum atomic E-state index is -3.60. The van der Waals surface area contributed by atoms with Crippen LogP contribution in [0.1, 0.15) is 27.2 Å². The van der Waals surface area contributed by atoms with Gasteiger partial charge in [-0.15, -0.1) is 0 Å². The third-order valence-electron chi connectivity index (χ3n) is 4.08. The average molecular weight is 412 g/mol. The zero-order valence-electron chi connectivity index (χ0n) is 16.2. The topological polar surface area (TPSA) is 73.9 Å². The number of benzene rings is 2. The van der Waals surface area contributed by atoms with Gasteiger partial charge in [0.2, 0.25) is 10.0 Å². The highest BCUT2D eigenvalue weighted by molar-refractivity contribution is 7.89. The van der Waals surface area contributed by atoms with E-state index in [0.29, 0.717) is 49.1 Å². The molecule has 0 radical (unpaired) electrons. The summed E-state index contributed by atoms with van der Waals surface area (Å²) in [6.07, 6.45) is 0.580. The van der Waals surface area contributed by atoms with E-state index in [0.717, 1.165) is 5.39 Å². The zero-order chi connectivity index (χ0) is 19.8. The van der Waals surface area contributed by atoms with Crippen LogP contribution in [0.2, 0.25) is 6.04 Å². The lowest BCUT2D eigenvalue weighted by atomic mass is 10.1. The molecule has 0 saturated carbocycles. The van der Waals surface area contributed by atoms with Gasteiger partial charge in [-0.3, -0.25) is 0 Å². The Hall–Kier alpha value is -1.29. The van der Waals surface area contributed by atoms with Gasteiger partial charge in [0, 0.05) is 37.8 Å². The van der Waals surface area contributed by atoms with Crippen LogP contribution in [0.4, 0.5) is 0 Å². The predicted molar refractivity (Wildman–Crippen MR) is 109 cm³/mol. The smallest absolute Gasteiger partial charge is 0.374 e. The summed E-state index contributed by atoms with van der Waals surface area (Å²) in [4.78, 5) is 0.295. The number of nitrogens with one attached hydrogen (secondary N) is 1. The van der Waals surface area contributed by atoms with Gasteiger partial charge >= 0.3 is 8.80 Å². The third-order valence-corrected chi connectivity index (χ3v) is 8.75. The van der Waals surface area contributed by atoms with Gasteiger partial charge in [0.15, 0.2) is 0 Å². The Morgan fingerprint density at radius 2 is 1.48 bits per heavy atom. The van der Waals surface area contributed by atoms with Gasteiger partial charge in [-0.05, 0) is 38.6 Å². The normalized spacial score (nSPS) is 12.6. The first-order valence-electron chi connectivity index (χ1n) is 9.37. The van der Waals surface area contributed by atoms with Crippen molar-refractivity contribution < 1.29 is 21.7 Å². The molecule has 27 heavy (non-hydrogen) atoms. The van der Waals surface area contributed by atoms with Gasteiger partial charge in [0.25, 0.3) is 0 Å². The Labute approximate surface area is 163 Å². The fourth-order valence-corrected chi connectivity index (χ4v) is 6.93. The van der Waals surface area contributed by atoms with Gasteiger partial charge < -0.3 is 13.3 Å². The minimum absolute atomic E-state index is 0.295. The number of hydrogen-bond acceptors (Lipinski definition) is 5. The third kappa shape index (κ3) is 5.84. The molecule has 0 spiro atoms. The average Bonchev–Trinajstić information content (AvgIpc) is 2.65. The Morgan fingerprint density at radius 3 is 2.11 bits per heavy atom. The van der Waals surface area contributed by atoms with Crippen LogP contribution in [0.15, 0.2) is 47.4 Å². The van der Waals surface area contributed by atoms with Crippen LogP contribution in [0.25, 0.3) is 10.8 Å². The second-order valence-corrected chi connectivity index (χ2v) is 10.4. The number of sulfonamides is 1. The molecule has 2 rings (SSSR count). The summed E-state index contributed by atoms with van der Waals surface area (Å²) in [7, 11) is -6.35. The van der Waals surface area contributed by atoms with E-state index in [1.165, 1.54) is 0 Å². The van der Waals surface area contributed by atoms with E-state index in [1.807, 2.05) is 51.1 Å². The molecule has 0 bridgehead atoms. The molecule has 0 unspecified atom stereocenters. The molecule has 0 heterocycles. The van der Waals surface area contributed by atoms with Crippen molar-refractivity contribution in [2.45, 2.75) is 38.1 Å². The second-order valence-electron chi connectivity index (χ2n) is 5.96. The van der Waals surface area contributed by atoms with Crippen molar-refractivity contribution in [3.05, 3.63) is 42.5 Å². The van der Waals surface area contributed by atoms with Crippen molar-refractivity contribution in [2.24, 2.45) is 0 Å². The van der Waals surface area contributed by atoms with E-state index >= 15 is 0 Å². The zero-order valence-corrected chi connectivity index (χ0v) is 18.1. The number of rotatable bonds is 12. The lowest BCUT2D eigenvalue weighted by Crippen LogP contribution is -2.46. The first-order valence-corrected chi connectivity index (χ1v) is 12.8. The lowest BCUT2D eigenvalue weighted by molar-refractivity contribution is 0.0709. The maximum Gasteiger partial charge on any atom is 0.500 e. The lowest BCUT2D eigenvalue weighted by Gasteiger charge is -2.28. The molecule has 6 nitrogen and oxygen atoms in total. The monoisotopic (exact) mass is 411 g/mol. The van der Waals surface area contributed by atoms with Crippen LogP contribution in [0.3, 0.4) is 0 Å². The molecule has 0 aliphatic rings. The molecular formula is C19H29NO5SSi. The highest BCUT2D eigenvalue weighted by Gasteiger charge is 2.39. The predicted octanol–water partition coefficient (Wildman–Crippen LogP) is 3.56. The summed E-state index contributed by atoms with van der Waals surface area (Å²) in [5.41, 5.74) is 0. The largest absolute Gasteiger partial charge is 0.500 e. The van der Waals surface area contributed by atoms with Crippen LogP contribution in [0.5, 0.6) is 0 Å². The Bertz CT molecular complexity index is 805. The van der Waals surface area contributed by atoms with Crippen LogP contribution in [-0.4, -0.2) is 43.6 Å². The SMILES string of the molecule is CCO[Si](CCCNS(=O)(=O)c1cccc2ccccc12)(OCC)OCC. The second kappa shape index (κ2) is 10.3. The minimum Gasteiger partial charge on any atom is -0.374 e. The summed E-state index contributed by atoms with van der Waals surface area (Å²) in [5, 5.41) is 1.62. The molecule has 8 heteroatoms. The van der Waals surface area contributed by atoms with Gasteiger partial charge in [-0.25, -0.2) is 13.1 Å². The summed E-state index contributed by atoms with van der Waals surface area (Å²) < 4.78 is 45.6. The first kappa shape index (κ1) is 22.0. The summed E-state index contributed by atoms with van der Waals surface area (Å²) in [6, 6.07) is 13.3. The van der Waals surface area contributed by atoms with Crippen molar-refractivity contribution >= 4 is 29.6 Å². The quantitative estimate of drug-likeness (QED) is 0.427. The van der Waals surface area contributed by atoms with E-state index in [4.69, 9.17) is 13.3 Å². The fourth-order valence-electron chi connectivity index (χ4n) is 3.02. The maximum atomic E-state index is 12.8. The fraction of sp³-hybridized carbons (Fsp3) is 0.474. The van der Waals surface area contributed by atoms with E-state index in [-0.39, 0.29) is 0 Å². The van der Waals surface area contributed by atoms with Gasteiger partial charge in [-0.1, -0.05) is 36.4 Å². The Balaban J connectivity index is 2.04. The molecule has 0 fully saturated rings. The molecule has 2 aromatic carbocycles. The standard InChI is InChI=1S/C19H29NO5SSi/c1-4-23-27(24-5-2,25-6-3)16-10-15-20-26(21,22)19-14-9-12-17-11-7-8-13-18(17)19/h7-9,11-14,20H,4-6,10,15-16H2,1-3H3. The molecule has 2 aromatic rings. The van der Waals surface area contributed by atoms with E-state index in [2.05, 4.69) is 4.72 Å². The van der Waals surface area contributed by atoms with Crippen molar-refractivity contribution in [3.63, 3.8) is 0 Å². The van der Waals surface area contributed by atoms with Crippen molar-refractivity contribution in [1.82, 2.24) is 4.72 Å². The van der Waals surface area contributed by atoms with Crippen LogP contribution in [0, 0.1) is 0 Å². The summed E-state index contributed by atoms with van der Waals surface area (Å²) in [6.45, 7) is 7.54. The van der Waals surface area contributed by atoms with E-state index in [9.17, 15) is 8.42 Å². The molecule has 0 saturated heterocycles. The molecular weight excluding hydrogens is 382 g/mol. The van der Waals surface area contributed by atoms with E-state index < -0.39 is 18.8 Å². The molecule has 0 atom stereocenters. The van der Waals surface area contributed by atoms with Crippen molar-refractivity contribution in [1.29, 1.82) is 0 Å². The Kier molecular flexibility index (Phi) is 8.40. The molecule has 0 aliphatic carbocycles. The molecule has 150 valence electrons. The summed E-state index contributed by atoms with van der Waals surface area (Å²) in [5.74, 6) is 0. The highest BCUT2D eigenvalue weighted by Crippen LogP contribution is 2.23. The van der Waals surface area contributed by atoms with Gasteiger partial charge in [0.1, 0.15) is 0 Å². The van der Waals surface area contributed by atoms with Crippen LogP contribution >= 0.6 is 0 Å². The van der Waals surface area contributed by atoms with Crippen molar-refractivity contribution in [2.75, 3.05) is 26.4 Å². The van der Waals surface area contributed by atoms with Gasteiger partial charge in [0.05, 0.1) is 4.90 Å². The van der Waals surface area contributed by atoms with Crippen molar-refractivity contribution in [3.8, 4) is 0 Å². The molecule has 1 N–H and O–H groups in total. The number of fused-ring (bicyclic) bond motifs is 1. The maximum absolute atomic E-state index is 12.8. The summed E-state index contributed by atoms with van der Waals surface area (Å²) >= 11 is 0. The highest BCUT2D eigenvalue weighted by atomic mass is 32.2. The molecule has 0 amide bonds. The number of hydrogen-bond donors (Lipinski definition) is 1. The van der Waals surface area contributed by atoms with Gasteiger partial charge in [-0.2, -0.15) is 0 Å². The van der Waals surface area contributed by atoms with Crippen LogP contribution in [-0.2, 0) is 23.3 Å². The van der Waals surface area contributed by atoms with E-state index in [1.54, 1.807) is 12.1 Å². The molecule has 0 aromatic heterocycles. The first-order chi connectivity index (χ1) is 13.0. The molecule has 0 aliphatic heterocycles.